The maximum Gasteiger partial charge on any atom is 0.320 e. The highest BCUT2D eigenvalue weighted by molar-refractivity contribution is 14.1. The number of carboxylic acids is 1. The molecule has 0 saturated carbocycles. The van der Waals surface area contributed by atoms with Crippen LogP contribution in [-0.4, -0.2) is 23.7 Å². The molecular formula is C6H13IN2O2. The predicted octanol–water partition coefficient (Wildman–Crippen LogP) is 0.508. The fraction of sp³-hybridized carbons (Fsp3) is 0.833. The smallest absolute Gasteiger partial charge is 0.320 e. The third-order valence-electron chi connectivity index (χ3n) is 1.35. The van der Waals surface area contributed by atoms with Crippen LogP contribution in [0.2, 0.25) is 0 Å². The molecule has 0 bridgehead atoms. The molecule has 1 unspecified atom stereocenters. The van der Waals surface area contributed by atoms with Gasteiger partial charge in [0, 0.05) is 29.4 Å². The molecule has 0 radical (unpaired) electrons. The minimum absolute atomic E-state index is 0.563. The third-order valence-corrected chi connectivity index (χ3v) is 1.89. The Balaban J connectivity index is 3.17. The highest BCUT2D eigenvalue weighted by Crippen LogP contribution is 1.98. The van der Waals surface area contributed by atoms with Crippen LogP contribution in [0.4, 0.5) is 0 Å². The van der Waals surface area contributed by atoms with Gasteiger partial charge < -0.3 is 10.8 Å². The summed E-state index contributed by atoms with van der Waals surface area (Å²) < 4.78 is 2.95. The molecule has 4 N–H and O–H groups in total. The fourth-order valence-electron chi connectivity index (χ4n) is 0.680. The number of rotatable bonds is 6. The minimum atomic E-state index is -0.910. The van der Waals surface area contributed by atoms with Crippen molar-refractivity contribution in [2.45, 2.75) is 25.3 Å². The van der Waals surface area contributed by atoms with E-state index in [1.807, 2.05) is 0 Å². The Kier molecular flexibility index (Phi) is 6.88. The van der Waals surface area contributed by atoms with Gasteiger partial charge in [-0.25, -0.2) is 0 Å². The maximum absolute atomic E-state index is 10.2. The zero-order chi connectivity index (χ0) is 8.69. The van der Waals surface area contributed by atoms with Gasteiger partial charge in [0.05, 0.1) is 0 Å². The van der Waals surface area contributed by atoms with Gasteiger partial charge in [0.2, 0.25) is 0 Å². The molecule has 0 saturated heterocycles. The predicted molar refractivity (Wildman–Crippen MR) is 51.5 cm³/mol. The first kappa shape index (κ1) is 11.1. The summed E-state index contributed by atoms with van der Waals surface area (Å²) in [5.41, 5.74) is 5.28. The highest BCUT2D eigenvalue weighted by atomic mass is 127. The number of carboxylic acid groups (broad SMARTS) is 1. The van der Waals surface area contributed by atoms with E-state index in [1.165, 1.54) is 0 Å². The van der Waals surface area contributed by atoms with Crippen LogP contribution in [0, 0.1) is 0 Å². The van der Waals surface area contributed by atoms with Gasteiger partial charge in [-0.1, -0.05) is 6.42 Å². The van der Waals surface area contributed by atoms with Crippen LogP contribution in [-0.2, 0) is 4.79 Å². The van der Waals surface area contributed by atoms with Gasteiger partial charge in [-0.05, 0) is 12.8 Å². The molecule has 0 spiro atoms. The lowest BCUT2D eigenvalue weighted by Gasteiger charge is -2.04. The van der Waals surface area contributed by atoms with Crippen LogP contribution >= 0.6 is 22.9 Å². The van der Waals surface area contributed by atoms with Crippen molar-refractivity contribution >= 4 is 28.8 Å². The van der Waals surface area contributed by atoms with Crippen molar-refractivity contribution in [1.29, 1.82) is 0 Å². The number of carbonyl (C=O) groups is 1. The van der Waals surface area contributed by atoms with E-state index in [0.717, 1.165) is 19.4 Å². The lowest BCUT2D eigenvalue weighted by molar-refractivity contribution is -0.138. The standard InChI is InChI=1S/C6H13IN2O2/c7-9-4-2-1-3-5(8)6(10)11/h5,9H,1-4,8H2,(H,10,11). The van der Waals surface area contributed by atoms with Crippen molar-refractivity contribution in [3.8, 4) is 0 Å². The van der Waals surface area contributed by atoms with Gasteiger partial charge >= 0.3 is 5.97 Å². The Morgan fingerprint density at radius 3 is 2.73 bits per heavy atom. The molecule has 0 aromatic heterocycles. The van der Waals surface area contributed by atoms with Crippen LogP contribution < -0.4 is 9.26 Å². The van der Waals surface area contributed by atoms with Gasteiger partial charge in [-0.2, -0.15) is 0 Å². The summed E-state index contributed by atoms with van der Waals surface area (Å²) in [6.07, 6.45) is 2.40. The summed E-state index contributed by atoms with van der Waals surface area (Å²) in [5, 5.41) is 8.40. The zero-order valence-electron chi connectivity index (χ0n) is 6.22. The summed E-state index contributed by atoms with van der Waals surface area (Å²) in [6.45, 7) is 0.910. The Morgan fingerprint density at radius 2 is 2.27 bits per heavy atom. The van der Waals surface area contributed by atoms with Crippen molar-refractivity contribution in [1.82, 2.24) is 3.53 Å². The topological polar surface area (TPSA) is 75.3 Å². The van der Waals surface area contributed by atoms with E-state index in [1.54, 1.807) is 0 Å². The summed E-state index contributed by atoms with van der Waals surface area (Å²) in [6, 6.07) is -0.691. The molecule has 5 heteroatoms. The van der Waals surface area contributed by atoms with E-state index >= 15 is 0 Å². The molecule has 0 fully saturated rings. The number of hydrogen-bond acceptors (Lipinski definition) is 3. The monoisotopic (exact) mass is 272 g/mol. The number of aliphatic carboxylic acids is 1. The van der Waals surface area contributed by atoms with E-state index in [9.17, 15) is 4.79 Å². The van der Waals surface area contributed by atoms with Crippen LogP contribution in [0.3, 0.4) is 0 Å². The van der Waals surface area contributed by atoms with E-state index in [-0.39, 0.29) is 0 Å². The summed E-state index contributed by atoms with van der Waals surface area (Å²) in [4.78, 5) is 10.2. The lowest BCUT2D eigenvalue weighted by atomic mass is 10.1. The Hall–Kier alpha value is 0.120. The van der Waals surface area contributed by atoms with E-state index in [0.29, 0.717) is 6.42 Å². The Morgan fingerprint density at radius 1 is 1.64 bits per heavy atom. The fourth-order valence-corrected chi connectivity index (χ4v) is 1.06. The van der Waals surface area contributed by atoms with E-state index in [2.05, 4.69) is 26.4 Å². The van der Waals surface area contributed by atoms with Gasteiger partial charge in [0.1, 0.15) is 6.04 Å². The Labute approximate surface area is 80.0 Å². The molecule has 0 heterocycles. The molecule has 0 aromatic carbocycles. The van der Waals surface area contributed by atoms with E-state index < -0.39 is 12.0 Å². The second-order valence-electron chi connectivity index (χ2n) is 2.32. The SMILES string of the molecule is NC(CCCCNI)C(=O)O. The summed E-state index contributed by atoms with van der Waals surface area (Å²) in [5.74, 6) is -0.910. The quantitative estimate of drug-likeness (QED) is 0.374. The van der Waals surface area contributed by atoms with Crippen molar-refractivity contribution < 1.29 is 9.90 Å². The number of nitrogens with two attached hydrogens (primary N) is 1. The molecule has 0 aliphatic heterocycles. The number of nitrogens with one attached hydrogen (secondary N) is 1. The van der Waals surface area contributed by atoms with Crippen LogP contribution in [0.25, 0.3) is 0 Å². The Bertz CT molecular complexity index is 121. The van der Waals surface area contributed by atoms with Gasteiger partial charge in [0.15, 0.2) is 0 Å². The number of unbranched alkanes of at least 4 members (excludes halogenated alkanes) is 1. The first-order valence-corrected chi connectivity index (χ1v) is 4.58. The highest BCUT2D eigenvalue weighted by Gasteiger charge is 2.09. The first-order chi connectivity index (χ1) is 5.18. The van der Waals surface area contributed by atoms with E-state index in [4.69, 9.17) is 10.8 Å². The average molecular weight is 272 g/mol. The first-order valence-electron chi connectivity index (χ1n) is 3.50. The lowest BCUT2D eigenvalue weighted by Crippen LogP contribution is -2.29. The summed E-state index contributed by atoms with van der Waals surface area (Å²) >= 11 is 2.06. The molecule has 1 atom stereocenters. The maximum atomic E-state index is 10.2. The summed E-state index contributed by atoms with van der Waals surface area (Å²) in [7, 11) is 0. The molecular weight excluding hydrogens is 259 g/mol. The van der Waals surface area contributed by atoms with Crippen LogP contribution in [0.1, 0.15) is 19.3 Å². The zero-order valence-corrected chi connectivity index (χ0v) is 8.37. The molecule has 0 aliphatic carbocycles. The molecule has 11 heavy (non-hydrogen) atoms. The molecule has 0 amide bonds. The van der Waals surface area contributed by atoms with Crippen molar-refractivity contribution in [2.75, 3.05) is 6.54 Å². The number of halogens is 1. The number of hydrogen-bond donors (Lipinski definition) is 3. The second kappa shape index (κ2) is 6.81. The molecule has 0 rings (SSSR count). The molecule has 0 aromatic rings. The van der Waals surface area contributed by atoms with Crippen molar-refractivity contribution in [2.24, 2.45) is 5.73 Å². The van der Waals surface area contributed by atoms with Gasteiger partial charge in [0.25, 0.3) is 0 Å². The third kappa shape index (κ3) is 6.52. The van der Waals surface area contributed by atoms with Crippen LogP contribution in [0.5, 0.6) is 0 Å². The van der Waals surface area contributed by atoms with Crippen LogP contribution in [0.15, 0.2) is 0 Å². The van der Waals surface area contributed by atoms with Gasteiger partial charge in [-0.3, -0.25) is 8.32 Å². The molecule has 0 aliphatic rings. The van der Waals surface area contributed by atoms with Crippen molar-refractivity contribution in [3.63, 3.8) is 0 Å². The largest absolute Gasteiger partial charge is 0.480 e. The molecule has 66 valence electrons. The minimum Gasteiger partial charge on any atom is -0.480 e. The second-order valence-corrected chi connectivity index (χ2v) is 3.09. The molecule has 4 nitrogen and oxygen atoms in total. The van der Waals surface area contributed by atoms with Crippen molar-refractivity contribution in [3.05, 3.63) is 0 Å². The normalized spacial score (nSPS) is 12.9. The van der Waals surface area contributed by atoms with Gasteiger partial charge in [-0.15, -0.1) is 0 Å². The average Bonchev–Trinajstić information content (AvgIpc) is 1.97.